The molecule has 6 aromatic rings. The first kappa shape index (κ1) is 35.1. The zero-order valence-electron chi connectivity index (χ0n) is 35.3. The van der Waals surface area contributed by atoms with Crippen molar-refractivity contribution in [3.63, 3.8) is 0 Å². The molecule has 0 amide bonds. The smallest absolute Gasteiger partial charge is 0.0543 e. The van der Waals surface area contributed by atoms with Crippen LogP contribution in [-0.4, -0.2) is 0 Å². The largest absolute Gasteiger partial charge is 0.310 e. The lowest BCUT2D eigenvalue weighted by Gasteiger charge is -2.61. The Hall–Kier alpha value is -4.88. The Morgan fingerprint density at radius 3 is 1.81 bits per heavy atom. The van der Waals surface area contributed by atoms with Crippen molar-refractivity contribution < 1.29 is 0 Å². The Bertz CT molecular complexity index is 2660. The maximum Gasteiger partial charge on any atom is 0.0543 e. The van der Waals surface area contributed by atoms with Gasteiger partial charge in [0.25, 0.3) is 0 Å². The van der Waals surface area contributed by atoms with Gasteiger partial charge in [0.2, 0.25) is 0 Å². The molecule has 58 heavy (non-hydrogen) atoms. The van der Waals surface area contributed by atoms with Crippen LogP contribution in [-0.2, 0) is 21.7 Å². The van der Waals surface area contributed by atoms with Crippen molar-refractivity contribution in [3.8, 4) is 33.4 Å². The summed E-state index contributed by atoms with van der Waals surface area (Å²) < 4.78 is 0. The average molecular weight is 756 g/mol. The Morgan fingerprint density at radius 1 is 0.448 bits per heavy atom. The summed E-state index contributed by atoms with van der Waals surface area (Å²) in [6.45, 7) is 14.7. The Labute approximate surface area is 346 Å². The highest BCUT2D eigenvalue weighted by Crippen LogP contribution is 2.70. The van der Waals surface area contributed by atoms with E-state index in [9.17, 15) is 0 Å². The van der Waals surface area contributed by atoms with E-state index >= 15 is 0 Å². The number of benzene rings is 6. The summed E-state index contributed by atoms with van der Waals surface area (Å²) in [5.41, 5.74) is 21.6. The van der Waals surface area contributed by atoms with Gasteiger partial charge in [0, 0.05) is 27.8 Å². The second-order valence-corrected chi connectivity index (χ2v) is 21.2. The molecule has 0 N–H and O–H groups in total. The van der Waals surface area contributed by atoms with Gasteiger partial charge in [-0.3, -0.25) is 0 Å². The molecule has 1 heteroatoms. The van der Waals surface area contributed by atoms with Crippen molar-refractivity contribution in [2.75, 3.05) is 4.90 Å². The summed E-state index contributed by atoms with van der Waals surface area (Å²) >= 11 is 0. The van der Waals surface area contributed by atoms with Crippen molar-refractivity contribution in [2.45, 2.75) is 108 Å². The minimum Gasteiger partial charge on any atom is -0.310 e. The normalized spacial score (nSPS) is 26.8. The van der Waals surface area contributed by atoms with Crippen molar-refractivity contribution in [2.24, 2.45) is 23.7 Å². The van der Waals surface area contributed by atoms with Gasteiger partial charge >= 0.3 is 0 Å². The second-order valence-electron chi connectivity index (χ2n) is 21.2. The molecule has 4 fully saturated rings. The third-order valence-corrected chi connectivity index (χ3v) is 16.9. The maximum absolute atomic E-state index is 2.65. The molecule has 1 nitrogen and oxygen atoms in total. The van der Waals surface area contributed by atoms with E-state index in [1.54, 1.807) is 11.1 Å². The zero-order valence-corrected chi connectivity index (χ0v) is 35.3. The minimum absolute atomic E-state index is 0.0907. The molecule has 0 aromatic heterocycles. The van der Waals surface area contributed by atoms with E-state index < -0.39 is 0 Å². The molecule has 0 heterocycles. The summed E-state index contributed by atoms with van der Waals surface area (Å²) in [4.78, 5) is 2.65. The predicted molar refractivity (Wildman–Crippen MR) is 243 cm³/mol. The van der Waals surface area contributed by atoms with Crippen molar-refractivity contribution in [1.29, 1.82) is 0 Å². The van der Waals surface area contributed by atoms with E-state index in [0.717, 1.165) is 23.7 Å². The van der Waals surface area contributed by atoms with Gasteiger partial charge in [-0.05, 0) is 171 Å². The van der Waals surface area contributed by atoms with Crippen LogP contribution in [0.3, 0.4) is 0 Å². The van der Waals surface area contributed by atoms with Gasteiger partial charge in [-0.25, -0.2) is 0 Å². The van der Waals surface area contributed by atoms with Gasteiger partial charge in [-0.2, -0.15) is 0 Å². The molecule has 7 aliphatic carbocycles. The van der Waals surface area contributed by atoms with Crippen LogP contribution < -0.4 is 4.90 Å². The highest BCUT2D eigenvalue weighted by atomic mass is 15.1. The third kappa shape index (κ3) is 4.60. The number of nitrogens with zero attached hydrogens (tertiary/aromatic N) is 1. The highest BCUT2D eigenvalue weighted by molar-refractivity contribution is 5.97. The van der Waals surface area contributed by atoms with Gasteiger partial charge in [0.05, 0.1) is 5.69 Å². The van der Waals surface area contributed by atoms with Crippen molar-refractivity contribution >= 4 is 17.1 Å². The topological polar surface area (TPSA) is 3.24 Å². The van der Waals surface area contributed by atoms with Crippen LogP contribution in [0.4, 0.5) is 17.1 Å². The first-order valence-electron chi connectivity index (χ1n) is 22.5. The standard InChI is InChI=1S/C57H57N/c1-54(2)26-27-55(3,4)53-42(18-12-22-49(53)54)37-14-11-15-40(33-37)58(41-24-25-44-43-16-7-9-19-46(43)56(5,6)50(44)34-41)51-23-13-21-48-52(51)45-17-8-10-20-47(45)57(48)38-29-35-28-36(31-38)32-39(57)30-35/h7-25,33-36,38-39H,26-32H2,1-6H3. The van der Waals surface area contributed by atoms with Crippen LogP contribution in [0.1, 0.15) is 120 Å². The van der Waals surface area contributed by atoms with Crippen molar-refractivity contribution in [1.82, 2.24) is 0 Å². The highest BCUT2D eigenvalue weighted by Gasteiger charge is 2.62. The van der Waals surface area contributed by atoms with Crippen LogP contribution in [0, 0.1) is 23.7 Å². The molecular weight excluding hydrogens is 699 g/mol. The first-order valence-corrected chi connectivity index (χ1v) is 22.5. The van der Waals surface area contributed by atoms with Gasteiger partial charge in [0.15, 0.2) is 0 Å². The summed E-state index contributed by atoms with van der Waals surface area (Å²) in [7, 11) is 0. The molecule has 6 aromatic carbocycles. The molecule has 4 bridgehead atoms. The lowest BCUT2D eigenvalue weighted by Crippen LogP contribution is -2.55. The number of hydrogen-bond donors (Lipinski definition) is 0. The van der Waals surface area contributed by atoms with Gasteiger partial charge in [0.1, 0.15) is 0 Å². The quantitative estimate of drug-likeness (QED) is 0.173. The van der Waals surface area contributed by atoms with Crippen LogP contribution in [0.2, 0.25) is 0 Å². The Balaban J connectivity index is 1.10. The number of rotatable bonds is 4. The van der Waals surface area contributed by atoms with E-state index in [0.29, 0.717) is 0 Å². The molecule has 290 valence electrons. The predicted octanol–water partition coefficient (Wildman–Crippen LogP) is 15.2. The molecule has 0 unspecified atom stereocenters. The van der Waals surface area contributed by atoms with Crippen LogP contribution in [0.25, 0.3) is 33.4 Å². The molecule has 0 aliphatic heterocycles. The lowest BCUT2D eigenvalue weighted by atomic mass is 9.43. The molecule has 0 atom stereocenters. The molecule has 7 aliphatic rings. The molecule has 1 spiro atoms. The summed E-state index contributed by atoms with van der Waals surface area (Å²) in [6.07, 6.45) is 9.46. The second kappa shape index (κ2) is 11.9. The Kier molecular flexibility index (Phi) is 7.18. The van der Waals surface area contributed by atoms with E-state index in [-0.39, 0.29) is 21.7 Å². The third-order valence-electron chi connectivity index (χ3n) is 16.9. The van der Waals surface area contributed by atoms with Crippen LogP contribution in [0.15, 0.2) is 127 Å². The summed E-state index contributed by atoms with van der Waals surface area (Å²) in [6, 6.07) is 50.2. The van der Waals surface area contributed by atoms with E-state index in [1.807, 2.05) is 0 Å². The van der Waals surface area contributed by atoms with Gasteiger partial charge in [-0.1, -0.05) is 139 Å². The monoisotopic (exact) mass is 755 g/mol. The van der Waals surface area contributed by atoms with Crippen molar-refractivity contribution in [3.05, 3.63) is 161 Å². The number of fused-ring (bicyclic) bond motifs is 7. The maximum atomic E-state index is 2.65. The molecule has 0 radical (unpaired) electrons. The van der Waals surface area contributed by atoms with E-state index in [4.69, 9.17) is 0 Å². The lowest BCUT2D eigenvalue weighted by molar-refractivity contribution is -0.0399. The summed E-state index contributed by atoms with van der Waals surface area (Å²) in [5, 5.41) is 0. The van der Waals surface area contributed by atoms with Crippen LogP contribution >= 0.6 is 0 Å². The molecule has 0 saturated heterocycles. The van der Waals surface area contributed by atoms with E-state index in [1.165, 1.54) is 118 Å². The first-order chi connectivity index (χ1) is 28.0. The minimum atomic E-state index is -0.0907. The fourth-order valence-corrected chi connectivity index (χ4v) is 14.4. The Morgan fingerprint density at radius 2 is 1.03 bits per heavy atom. The zero-order chi connectivity index (χ0) is 39.3. The van der Waals surface area contributed by atoms with Gasteiger partial charge in [-0.15, -0.1) is 0 Å². The summed E-state index contributed by atoms with van der Waals surface area (Å²) in [5.74, 6) is 3.30. The van der Waals surface area contributed by atoms with Crippen LogP contribution in [0.5, 0.6) is 0 Å². The SMILES string of the molecule is CC1(C)CCC(C)(C)c2c(-c3cccc(N(c4ccc5c(c4)C(C)(C)c4ccccc4-5)c4cccc5c4-c4ccccc4C54C5CC6CC(C5)CC4C6)c3)cccc21. The molecular formula is C57H57N. The van der Waals surface area contributed by atoms with E-state index in [2.05, 4.69) is 174 Å². The fourth-order valence-electron chi connectivity index (χ4n) is 14.4. The molecule has 4 saturated carbocycles. The fraction of sp³-hybridized carbons (Fsp3) is 0.368. The average Bonchev–Trinajstić information content (AvgIpc) is 3.65. The van der Waals surface area contributed by atoms with Gasteiger partial charge < -0.3 is 4.90 Å². The number of hydrogen-bond acceptors (Lipinski definition) is 1. The number of anilines is 3. The molecule has 13 rings (SSSR count).